The molecule has 0 radical (unpaired) electrons. The fourth-order valence-electron chi connectivity index (χ4n) is 1.12. The molecule has 4 heteroatoms. The Labute approximate surface area is 69.6 Å². The van der Waals surface area contributed by atoms with Crippen molar-refractivity contribution >= 4 is 22.4 Å². The maximum Gasteiger partial charge on any atom is 0.322 e. The Morgan fingerprint density at radius 3 is 2.20 bits per heavy atom. The van der Waals surface area contributed by atoms with Crippen LogP contribution >= 0.6 is 0 Å². The van der Waals surface area contributed by atoms with E-state index in [9.17, 15) is 4.79 Å². The maximum atomic E-state index is 10.8. The first-order valence-electron chi connectivity index (χ1n) is 3.64. The van der Waals surface area contributed by atoms with Crippen molar-refractivity contribution in [2.75, 3.05) is 26.2 Å². The first-order chi connectivity index (χ1) is 4.70. The molecule has 0 unspecified atom stereocenters. The highest BCUT2D eigenvalue weighted by Gasteiger charge is 2.14. The standard InChI is InChI=1S/C6H11N2O.Al.2H/c1-6(9)8-4-2-7-3-5-8;;;/h2-5H2,1H3;;;/q-1;+1;;. The van der Waals surface area contributed by atoms with E-state index in [4.69, 9.17) is 0 Å². The topological polar surface area (TPSA) is 23.6 Å². The molecule has 1 heterocycles. The van der Waals surface area contributed by atoms with Crippen LogP contribution in [0.2, 0.25) is 0 Å². The average molecular weight is 156 g/mol. The summed E-state index contributed by atoms with van der Waals surface area (Å²) in [4.78, 5) is 12.7. The Hall–Kier alpha value is -0.0375. The summed E-state index contributed by atoms with van der Waals surface area (Å²) in [6.45, 7) is 5.65. The van der Waals surface area contributed by atoms with Crippen molar-refractivity contribution < 1.29 is 4.79 Å². The van der Waals surface area contributed by atoms with Crippen molar-refractivity contribution in [2.45, 2.75) is 6.92 Å². The molecular weight excluding hydrogens is 143 g/mol. The Balaban J connectivity index is 2.33. The van der Waals surface area contributed by atoms with Gasteiger partial charge in [0.15, 0.2) is 0 Å². The lowest BCUT2D eigenvalue weighted by molar-refractivity contribution is -0.129. The minimum Gasteiger partial charge on any atom is -0.388 e. The summed E-state index contributed by atoms with van der Waals surface area (Å²) in [5.74, 6) is 0.217. The van der Waals surface area contributed by atoms with Gasteiger partial charge in [-0.05, 0) is 13.1 Å². The highest BCUT2D eigenvalue weighted by Crippen LogP contribution is 1.97. The van der Waals surface area contributed by atoms with Gasteiger partial charge in [-0.2, -0.15) is 0 Å². The monoisotopic (exact) mass is 156 g/mol. The van der Waals surface area contributed by atoms with Crippen LogP contribution in [0, 0.1) is 0 Å². The fraction of sp³-hybridized carbons (Fsp3) is 0.833. The second-order valence-electron chi connectivity index (χ2n) is 2.81. The van der Waals surface area contributed by atoms with E-state index in [1.165, 1.54) is 0 Å². The number of nitrogens with zero attached hydrogens (tertiary/aromatic N) is 2. The SMILES string of the molecule is CC(=O)N1CC[N]([AlH2])CC1. The van der Waals surface area contributed by atoms with Crippen LogP contribution in [0.4, 0.5) is 0 Å². The summed E-state index contributed by atoms with van der Waals surface area (Å²) in [6, 6.07) is 0. The van der Waals surface area contributed by atoms with Crippen molar-refractivity contribution in [3.63, 3.8) is 0 Å². The van der Waals surface area contributed by atoms with E-state index in [2.05, 4.69) is 3.88 Å². The molecule has 0 N–H and O–H groups in total. The van der Waals surface area contributed by atoms with Crippen molar-refractivity contribution in [1.82, 2.24) is 8.78 Å². The number of hydrogen-bond donors (Lipinski definition) is 0. The van der Waals surface area contributed by atoms with E-state index >= 15 is 0 Å². The summed E-state index contributed by atoms with van der Waals surface area (Å²) in [5, 5.41) is 0. The molecule has 1 rings (SSSR count). The highest BCUT2D eigenvalue weighted by molar-refractivity contribution is 6.04. The van der Waals surface area contributed by atoms with Crippen LogP contribution in [-0.4, -0.2) is 57.4 Å². The van der Waals surface area contributed by atoms with Crippen LogP contribution in [-0.2, 0) is 4.79 Å². The molecule has 0 aromatic heterocycles. The molecule has 56 valence electrons. The summed E-state index contributed by atoms with van der Waals surface area (Å²) < 4.78 is 2.37. The zero-order valence-corrected chi connectivity index (χ0v) is 8.63. The van der Waals surface area contributed by atoms with E-state index in [1.54, 1.807) is 6.92 Å². The Bertz CT molecular complexity index is 132. The Kier molecular flexibility index (Phi) is 2.73. The summed E-state index contributed by atoms with van der Waals surface area (Å²) in [5.41, 5.74) is 0. The average Bonchev–Trinajstić information content (AvgIpc) is 1.88. The minimum absolute atomic E-state index is 0.217. The lowest BCUT2D eigenvalue weighted by Gasteiger charge is -2.32. The van der Waals surface area contributed by atoms with Crippen LogP contribution in [0.5, 0.6) is 0 Å². The number of rotatable bonds is 0. The van der Waals surface area contributed by atoms with E-state index in [0.717, 1.165) is 42.7 Å². The van der Waals surface area contributed by atoms with E-state index in [0.29, 0.717) is 0 Å². The lowest BCUT2D eigenvalue weighted by Crippen LogP contribution is -2.46. The minimum atomic E-state index is 0.217. The number of hydrogen-bond acceptors (Lipinski definition) is 2. The molecule has 1 aliphatic rings. The molecule has 0 bridgehead atoms. The van der Waals surface area contributed by atoms with Gasteiger partial charge >= 0.3 is 16.5 Å². The van der Waals surface area contributed by atoms with E-state index in [-0.39, 0.29) is 5.91 Å². The third-order valence-electron chi connectivity index (χ3n) is 1.95. The quantitative estimate of drug-likeness (QED) is 0.407. The number of carbonyl (C=O) groups is 1. The first kappa shape index (κ1) is 8.06. The van der Waals surface area contributed by atoms with Gasteiger partial charge in [-0.1, -0.05) is 0 Å². The van der Waals surface area contributed by atoms with Crippen molar-refractivity contribution in [3.8, 4) is 0 Å². The summed E-state index contributed by atoms with van der Waals surface area (Å²) in [7, 11) is 0. The molecule has 0 aromatic rings. The van der Waals surface area contributed by atoms with Gasteiger partial charge in [0.2, 0.25) is 5.91 Å². The van der Waals surface area contributed by atoms with Gasteiger partial charge in [0.05, 0.1) is 0 Å². The largest absolute Gasteiger partial charge is 0.388 e. The molecule has 1 aliphatic heterocycles. The smallest absolute Gasteiger partial charge is 0.322 e. The zero-order chi connectivity index (χ0) is 7.56. The van der Waals surface area contributed by atoms with Gasteiger partial charge < -0.3 is 8.78 Å². The molecule has 1 fully saturated rings. The molecule has 0 saturated carbocycles. The van der Waals surface area contributed by atoms with Crippen LogP contribution in [0.3, 0.4) is 0 Å². The molecule has 0 aliphatic carbocycles. The summed E-state index contributed by atoms with van der Waals surface area (Å²) in [6.07, 6.45) is 0. The van der Waals surface area contributed by atoms with Gasteiger partial charge in [0.25, 0.3) is 0 Å². The zero-order valence-electron chi connectivity index (χ0n) is 6.63. The fourth-order valence-corrected chi connectivity index (χ4v) is 1.52. The van der Waals surface area contributed by atoms with Crippen LogP contribution in [0.1, 0.15) is 6.92 Å². The van der Waals surface area contributed by atoms with Crippen LogP contribution in [0.25, 0.3) is 0 Å². The third kappa shape index (κ3) is 1.98. The molecule has 1 amide bonds. The number of carbonyl (C=O) groups excluding carboxylic acids is 1. The normalized spacial score (nSPS) is 21.1. The Morgan fingerprint density at radius 2 is 1.80 bits per heavy atom. The van der Waals surface area contributed by atoms with Gasteiger partial charge in [-0.15, -0.1) is 0 Å². The van der Waals surface area contributed by atoms with Crippen molar-refractivity contribution in [1.29, 1.82) is 0 Å². The predicted molar refractivity (Wildman–Crippen MR) is 42.4 cm³/mol. The predicted octanol–water partition coefficient (Wildman–Crippen LogP) is -1.30. The third-order valence-corrected chi connectivity index (χ3v) is 2.84. The molecule has 1 saturated heterocycles. The van der Waals surface area contributed by atoms with Gasteiger partial charge in [0.1, 0.15) is 0 Å². The molecule has 0 atom stereocenters. The molecule has 10 heavy (non-hydrogen) atoms. The van der Waals surface area contributed by atoms with Crippen LogP contribution < -0.4 is 0 Å². The number of piperazine rings is 1. The lowest BCUT2D eigenvalue weighted by atomic mass is 10.3. The van der Waals surface area contributed by atoms with Crippen molar-refractivity contribution in [2.24, 2.45) is 0 Å². The van der Waals surface area contributed by atoms with E-state index < -0.39 is 0 Å². The Morgan fingerprint density at radius 1 is 1.30 bits per heavy atom. The van der Waals surface area contributed by atoms with E-state index in [1.807, 2.05) is 4.90 Å². The summed E-state index contributed by atoms with van der Waals surface area (Å²) >= 11 is 1.13. The second-order valence-corrected chi connectivity index (χ2v) is 4.07. The number of amides is 1. The van der Waals surface area contributed by atoms with Gasteiger partial charge in [-0.25, -0.2) is 0 Å². The van der Waals surface area contributed by atoms with Gasteiger partial charge in [-0.3, -0.25) is 4.79 Å². The first-order valence-corrected chi connectivity index (χ1v) is 4.53. The molecular formula is C6H13AlN2O. The molecule has 3 nitrogen and oxygen atoms in total. The maximum absolute atomic E-state index is 10.8. The highest BCUT2D eigenvalue weighted by atomic mass is 27.1. The molecule has 0 aromatic carbocycles. The second kappa shape index (κ2) is 3.38. The molecule has 0 spiro atoms. The van der Waals surface area contributed by atoms with Crippen molar-refractivity contribution in [3.05, 3.63) is 0 Å². The van der Waals surface area contributed by atoms with Crippen LogP contribution in [0.15, 0.2) is 0 Å². The van der Waals surface area contributed by atoms with Gasteiger partial charge in [0, 0.05) is 20.0 Å².